The van der Waals surface area contributed by atoms with Gasteiger partial charge in [-0.2, -0.15) is 0 Å². The molecular weight excluding hydrogens is 358 g/mol. The van der Waals surface area contributed by atoms with Crippen LogP contribution in [0.2, 0.25) is 0 Å². The normalized spacial score (nSPS) is 18.1. The van der Waals surface area contributed by atoms with E-state index in [0.29, 0.717) is 24.9 Å². The first-order valence-electron chi connectivity index (χ1n) is 7.79. The van der Waals surface area contributed by atoms with Crippen molar-refractivity contribution in [2.45, 2.75) is 46.1 Å². The Morgan fingerprint density at radius 1 is 1.29 bits per heavy atom. The molecule has 142 valence electrons. The summed E-state index contributed by atoms with van der Waals surface area (Å²) < 4.78 is 35.7. The Kier molecular flexibility index (Phi) is 8.43. The first-order chi connectivity index (χ1) is 11.1. The Morgan fingerprint density at radius 3 is 2.38 bits per heavy atom. The van der Waals surface area contributed by atoms with E-state index in [2.05, 4.69) is 14.3 Å². The van der Waals surface area contributed by atoms with E-state index in [1.807, 2.05) is 27.7 Å². The van der Waals surface area contributed by atoms with Crippen molar-refractivity contribution < 1.29 is 32.2 Å². The van der Waals surface area contributed by atoms with Crippen molar-refractivity contribution >= 4 is 28.0 Å². The van der Waals surface area contributed by atoms with Crippen molar-refractivity contribution in [2.24, 2.45) is 11.8 Å². The fraction of sp³-hybridized carbons (Fsp3) is 0.929. The van der Waals surface area contributed by atoms with Crippen LogP contribution in [0.1, 0.15) is 40.5 Å². The lowest BCUT2D eigenvalue weighted by Crippen LogP contribution is -2.43. The van der Waals surface area contributed by atoms with Crippen molar-refractivity contribution in [3.63, 3.8) is 0 Å². The zero-order valence-electron chi connectivity index (χ0n) is 14.8. The van der Waals surface area contributed by atoms with Gasteiger partial charge >= 0.3 is 5.97 Å². The van der Waals surface area contributed by atoms with Crippen LogP contribution in [0.5, 0.6) is 0 Å². The lowest BCUT2D eigenvalue weighted by molar-refractivity contribution is -0.447. The van der Waals surface area contributed by atoms with Crippen LogP contribution in [0.15, 0.2) is 0 Å². The van der Waals surface area contributed by atoms with Gasteiger partial charge in [-0.05, 0) is 32.6 Å². The van der Waals surface area contributed by atoms with E-state index >= 15 is 0 Å². The second-order valence-corrected chi connectivity index (χ2v) is 9.50. The highest BCUT2D eigenvalue weighted by Crippen LogP contribution is 2.27. The highest BCUT2D eigenvalue weighted by atomic mass is 32.3. The number of ether oxygens (including phenoxy) is 1. The smallest absolute Gasteiger partial charge is 0.309 e. The van der Waals surface area contributed by atoms with E-state index in [1.165, 1.54) is 11.4 Å². The van der Waals surface area contributed by atoms with Crippen molar-refractivity contribution in [1.29, 1.82) is 0 Å². The van der Waals surface area contributed by atoms with E-state index < -0.39 is 15.6 Å². The number of sulfonamides is 1. The lowest BCUT2D eigenvalue weighted by atomic mass is 9.93. The monoisotopic (exact) mass is 385 g/mol. The quantitative estimate of drug-likeness (QED) is 0.196. The zero-order chi connectivity index (χ0) is 18.4. The third kappa shape index (κ3) is 6.49. The molecule has 0 spiro atoms. The minimum absolute atomic E-state index is 0.202. The summed E-state index contributed by atoms with van der Waals surface area (Å²) in [6.07, 6.45) is 0.901. The second-order valence-electron chi connectivity index (χ2n) is 6.50. The lowest BCUT2D eigenvalue weighted by Gasteiger charge is -2.34. The number of carbonyl (C=O) groups excluding carboxylic acids is 1. The Hall–Kier alpha value is -0.390. The van der Waals surface area contributed by atoms with Gasteiger partial charge in [0.25, 0.3) is 0 Å². The second kappa shape index (κ2) is 9.35. The summed E-state index contributed by atoms with van der Waals surface area (Å²) in [5, 5.41) is 3.86. The molecule has 0 unspecified atom stereocenters. The SMILES string of the molecule is COOOSCS(=O)(=O)N1CCC(C(=O)OC(C)(C)C(C)C)CC1. The predicted octanol–water partition coefficient (Wildman–Crippen LogP) is 2.12. The molecule has 0 aromatic carbocycles. The topological polar surface area (TPSA) is 91.4 Å². The molecule has 1 heterocycles. The molecule has 0 atom stereocenters. The number of hydrogen-bond acceptors (Lipinski definition) is 8. The summed E-state index contributed by atoms with van der Waals surface area (Å²) in [5.41, 5.74) is -0.532. The Morgan fingerprint density at radius 2 is 1.88 bits per heavy atom. The van der Waals surface area contributed by atoms with Crippen molar-refractivity contribution in [3.05, 3.63) is 0 Å². The summed E-state index contributed by atoms with van der Waals surface area (Å²) >= 11 is 0.628. The molecule has 24 heavy (non-hydrogen) atoms. The van der Waals surface area contributed by atoms with Gasteiger partial charge in [0, 0.05) is 13.1 Å². The van der Waals surface area contributed by atoms with Gasteiger partial charge in [-0.3, -0.25) is 4.79 Å². The van der Waals surface area contributed by atoms with Crippen LogP contribution in [0, 0.1) is 11.8 Å². The van der Waals surface area contributed by atoms with Crippen LogP contribution in [0.25, 0.3) is 0 Å². The number of carbonyl (C=O) groups is 1. The Balaban J connectivity index is 2.47. The van der Waals surface area contributed by atoms with Gasteiger partial charge in [-0.15, -0.1) is 4.33 Å². The highest BCUT2D eigenvalue weighted by molar-refractivity contribution is 8.08. The standard InChI is InChI=1S/C14H27NO7S2/c1-11(2)14(3,4)20-13(16)12-6-8-15(9-7-12)24(17,18)10-23-22-21-19-5/h11-12H,6-10H2,1-5H3. The van der Waals surface area contributed by atoms with Crippen LogP contribution in [-0.4, -0.2) is 49.6 Å². The molecule has 0 amide bonds. The van der Waals surface area contributed by atoms with Crippen LogP contribution in [-0.2, 0) is 33.8 Å². The Labute approximate surface area is 148 Å². The number of rotatable bonds is 9. The van der Waals surface area contributed by atoms with Crippen molar-refractivity contribution in [3.8, 4) is 0 Å². The molecule has 0 aliphatic carbocycles. The number of nitrogens with zero attached hydrogens (tertiary/aromatic N) is 1. The van der Waals surface area contributed by atoms with E-state index in [9.17, 15) is 13.2 Å². The summed E-state index contributed by atoms with van der Waals surface area (Å²) in [4.78, 5) is 16.5. The van der Waals surface area contributed by atoms with Crippen LogP contribution in [0.4, 0.5) is 0 Å². The van der Waals surface area contributed by atoms with Gasteiger partial charge in [0.2, 0.25) is 10.0 Å². The van der Waals surface area contributed by atoms with Crippen LogP contribution in [0.3, 0.4) is 0 Å². The number of piperidine rings is 1. The molecule has 0 radical (unpaired) electrons. The molecular formula is C14H27NO7S2. The minimum Gasteiger partial charge on any atom is -0.459 e. The maximum absolute atomic E-state index is 12.3. The molecule has 10 heteroatoms. The van der Waals surface area contributed by atoms with Gasteiger partial charge in [0.15, 0.2) is 0 Å². The van der Waals surface area contributed by atoms with Crippen LogP contribution < -0.4 is 0 Å². The first kappa shape index (κ1) is 21.7. The fourth-order valence-corrected chi connectivity index (χ4v) is 4.13. The number of hydrogen-bond donors (Lipinski definition) is 0. The van der Waals surface area contributed by atoms with Gasteiger partial charge in [-0.25, -0.2) is 17.6 Å². The maximum Gasteiger partial charge on any atom is 0.309 e. The fourth-order valence-electron chi connectivity index (χ4n) is 2.03. The summed E-state index contributed by atoms with van der Waals surface area (Å²) in [5.74, 6) is -0.319. The zero-order valence-corrected chi connectivity index (χ0v) is 16.4. The molecule has 8 nitrogen and oxygen atoms in total. The van der Waals surface area contributed by atoms with E-state index in [0.717, 1.165) is 0 Å². The van der Waals surface area contributed by atoms with E-state index in [-0.39, 0.29) is 36.0 Å². The highest BCUT2D eigenvalue weighted by Gasteiger charge is 2.35. The molecule has 0 aromatic heterocycles. The summed E-state index contributed by atoms with van der Waals surface area (Å²) in [6, 6.07) is 0. The molecule has 0 N–H and O–H groups in total. The third-order valence-corrected chi connectivity index (χ3v) is 7.16. The van der Waals surface area contributed by atoms with Gasteiger partial charge in [0.1, 0.15) is 10.7 Å². The first-order valence-corrected chi connectivity index (χ1v) is 10.3. The van der Waals surface area contributed by atoms with Crippen LogP contribution >= 0.6 is 12.0 Å². The molecule has 1 rings (SSSR count). The summed E-state index contributed by atoms with van der Waals surface area (Å²) in [7, 11) is -2.23. The predicted molar refractivity (Wildman–Crippen MR) is 89.9 cm³/mol. The summed E-state index contributed by atoms with van der Waals surface area (Å²) in [6.45, 7) is 8.33. The van der Waals surface area contributed by atoms with Gasteiger partial charge in [0.05, 0.1) is 25.1 Å². The molecule has 0 saturated carbocycles. The maximum atomic E-state index is 12.3. The van der Waals surface area contributed by atoms with Gasteiger partial charge < -0.3 is 4.74 Å². The molecule has 1 aliphatic heterocycles. The average molecular weight is 386 g/mol. The molecule has 0 bridgehead atoms. The molecule has 1 saturated heterocycles. The molecule has 1 aliphatic rings. The Bertz CT molecular complexity index is 499. The van der Waals surface area contributed by atoms with E-state index in [1.54, 1.807) is 0 Å². The largest absolute Gasteiger partial charge is 0.459 e. The number of esters is 1. The minimum atomic E-state index is -3.48. The third-order valence-electron chi connectivity index (χ3n) is 4.28. The average Bonchev–Trinajstić information content (AvgIpc) is 2.51. The van der Waals surface area contributed by atoms with Crippen molar-refractivity contribution in [2.75, 3.05) is 25.3 Å². The molecule has 1 fully saturated rings. The van der Waals surface area contributed by atoms with E-state index in [4.69, 9.17) is 4.74 Å². The van der Waals surface area contributed by atoms with Crippen molar-refractivity contribution in [1.82, 2.24) is 4.31 Å². The molecule has 0 aromatic rings. The van der Waals surface area contributed by atoms with Gasteiger partial charge in [-0.1, -0.05) is 18.9 Å².